The van der Waals surface area contributed by atoms with Gasteiger partial charge in [-0.05, 0) is 49.2 Å². The molecular formula is C19H31Cl2NOSi. The average molecular weight is 388 g/mol. The summed E-state index contributed by atoms with van der Waals surface area (Å²) in [5, 5.41) is 1.27. The quantitative estimate of drug-likeness (QED) is 0.389. The Morgan fingerprint density at radius 3 is 2.12 bits per heavy atom. The van der Waals surface area contributed by atoms with E-state index in [0.29, 0.717) is 15.5 Å². The molecule has 1 atom stereocenters. The minimum absolute atomic E-state index is 0.00173. The van der Waals surface area contributed by atoms with E-state index in [1.807, 2.05) is 0 Å². The molecule has 5 heteroatoms. The standard InChI is InChI=1S/C19H31Cl2NOSi/c1-5-24(6-2,7-3)23-17(9-8-10-19(4)11-12-19)18-15(20)13-22-14-16(18)21/h13-14,17H,5-12H2,1-4H3. The summed E-state index contributed by atoms with van der Waals surface area (Å²) in [6.45, 7) is 9.17. The molecular weight excluding hydrogens is 357 g/mol. The fourth-order valence-electron chi connectivity index (χ4n) is 3.47. The zero-order valence-corrected chi connectivity index (χ0v) is 18.0. The predicted molar refractivity (Wildman–Crippen MR) is 106 cm³/mol. The molecule has 0 saturated heterocycles. The summed E-state index contributed by atoms with van der Waals surface area (Å²) in [5.41, 5.74) is 1.52. The first kappa shape index (κ1) is 20.2. The SMILES string of the molecule is CC[Si](CC)(CC)OC(CCCC1(C)CC1)c1c(Cl)cncc1Cl. The van der Waals surface area contributed by atoms with Crippen LogP contribution in [0.25, 0.3) is 0 Å². The highest BCUT2D eigenvalue weighted by Crippen LogP contribution is 2.50. The smallest absolute Gasteiger partial charge is 0.192 e. The Morgan fingerprint density at radius 1 is 1.12 bits per heavy atom. The lowest BCUT2D eigenvalue weighted by Gasteiger charge is -2.34. The first-order valence-electron chi connectivity index (χ1n) is 9.35. The fourth-order valence-corrected chi connectivity index (χ4v) is 6.92. The van der Waals surface area contributed by atoms with E-state index in [4.69, 9.17) is 27.6 Å². The molecule has 1 heterocycles. The Kier molecular flexibility index (Phi) is 7.18. The van der Waals surface area contributed by atoms with Crippen molar-refractivity contribution >= 4 is 31.5 Å². The normalized spacial score (nSPS) is 17.8. The van der Waals surface area contributed by atoms with E-state index in [1.54, 1.807) is 12.4 Å². The topological polar surface area (TPSA) is 22.1 Å². The van der Waals surface area contributed by atoms with Gasteiger partial charge in [-0.3, -0.25) is 4.98 Å². The van der Waals surface area contributed by atoms with Crippen LogP contribution in [0.3, 0.4) is 0 Å². The Morgan fingerprint density at radius 2 is 1.67 bits per heavy atom. The third-order valence-corrected chi connectivity index (χ3v) is 11.1. The Hall–Kier alpha value is -0.0931. The molecule has 136 valence electrons. The highest BCUT2D eigenvalue weighted by molar-refractivity contribution is 6.73. The van der Waals surface area contributed by atoms with Gasteiger partial charge in [-0.25, -0.2) is 0 Å². The molecule has 1 saturated carbocycles. The molecule has 0 N–H and O–H groups in total. The molecule has 2 nitrogen and oxygen atoms in total. The Balaban J connectivity index is 2.19. The van der Waals surface area contributed by atoms with Gasteiger partial charge < -0.3 is 4.43 Å². The number of rotatable bonds is 10. The molecule has 0 radical (unpaired) electrons. The highest BCUT2D eigenvalue weighted by atomic mass is 35.5. The summed E-state index contributed by atoms with van der Waals surface area (Å²) in [6, 6.07) is 3.40. The third-order valence-electron chi connectivity index (χ3n) is 5.89. The maximum atomic E-state index is 6.81. The molecule has 1 aromatic rings. The van der Waals surface area contributed by atoms with E-state index in [1.165, 1.54) is 19.3 Å². The summed E-state index contributed by atoms with van der Waals surface area (Å²) in [6.07, 6.45) is 9.54. The summed E-state index contributed by atoms with van der Waals surface area (Å²) in [4.78, 5) is 4.11. The van der Waals surface area contributed by atoms with Crippen LogP contribution in [-0.4, -0.2) is 13.3 Å². The van der Waals surface area contributed by atoms with Crippen molar-refractivity contribution in [2.75, 3.05) is 0 Å². The second-order valence-electron chi connectivity index (χ2n) is 7.57. The highest BCUT2D eigenvalue weighted by Gasteiger charge is 2.38. The van der Waals surface area contributed by atoms with Crippen molar-refractivity contribution in [1.29, 1.82) is 0 Å². The molecule has 0 bridgehead atoms. The maximum absolute atomic E-state index is 6.81. The van der Waals surface area contributed by atoms with Gasteiger partial charge >= 0.3 is 0 Å². The monoisotopic (exact) mass is 387 g/mol. The van der Waals surface area contributed by atoms with Crippen LogP contribution < -0.4 is 0 Å². The molecule has 2 rings (SSSR count). The van der Waals surface area contributed by atoms with E-state index >= 15 is 0 Å². The van der Waals surface area contributed by atoms with Gasteiger partial charge in [0.15, 0.2) is 8.32 Å². The number of pyridine rings is 1. The third kappa shape index (κ3) is 4.97. The van der Waals surface area contributed by atoms with Gasteiger partial charge in [-0.1, -0.05) is 57.3 Å². The van der Waals surface area contributed by atoms with Crippen molar-refractivity contribution < 1.29 is 4.43 Å². The lowest BCUT2D eigenvalue weighted by atomic mass is 9.98. The van der Waals surface area contributed by atoms with Gasteiger partial charge in [0.05, 0.1) is 16.1 Å². The minimum Gasteiger partial charge on any atom is -0.410 e. The fraction of sp³-hybridized carbons (Fsp3) is 0.737. The minimum atomic E-state index is -1.73. The summed E-state index contributed by atoms with van der Waals surface area (Å²) < 4.78 is 6.81. The van der Waals surface area contributed by atoms with Gasteiger partial charge in [0, 0.05) is 18.0 Å². The second kappa shape index (κ2) is 8.53. The number of halogens is 2. The predicted octanol–water partition coefficient (Wildman–Crippen LogP) is 7.42. The van der Waals surface area contributed by atoms with Crippen LogP contribution in [0.2, 0.25) is 28.2 Å². The van der Waals surface area contributed by atoms with Crippen molar-refractivity contribution in [2.45, 2.75) is 84.0 Å². The number of nitrogens with zero attached hydrogens (tertiary/aromatic N) is 1. The van der Waals surface area contributed by atoms with Crippen molar-refractivity contribution in [3.05, 3.63) is 28.0 Å². The van der Waals surface area contributed by atoms with Crippen LogP contribution >= 0.6 is 23.2 Å². The van der Waals surface area contributed by atoms with Crippen LogP contribution in [0.5, 0.6) is 0 Å². The van der Waals surface area contributed by atoms with E-state index in [0.717, 1.165) is 36.5 Å². The zero-order chi connectivity index (χ0) is 17.8. The van der Waals surface area contributed by atoms with E-state index < -0.39 is 8.32 Å². The molecule has 0 spiro atoms. The summed E-state index contributed by atoms with van der Waals surface area (Å²) in [7, 11) is -1.73. The Labute approximate surface area is 158 Å². The molecule has 0 aromatic carbocycles. The average Bonchev–Trinajstić information content (AvgIpc) is 3.29. The van der Waals surface area contributed by atoms with Gasteiger partial charge in [0.2, 0.25) is 0 Å². The largest absolute Gasteiger partial charge is 0.410 e. The van der Waals surface area contributed by atoms with Crippen LogP contribution in [0.4, 0.5) is 0 Å². The van der Waals surface area contributed by atoms with Crippen LogP contribution in [0, 0.1) is 5.41 Å². The van der Waals surface area contributed by atoms with Crippen molar-refractivity contribution in [2.24, 2.45) is 5.41 Å². The van der Waals surface area contributed by atoms with Crippen LogP contribution in [0.1, 0.15) is 71.5 Å². The van der Waals surface area contributed by atoms with Crippen LogP contribution in [0.15, 0.2) is 12.4 Å². The molecule has 1 aliphatic carbocycles. The van der Waals surface area contributed by atoms with Crippen LogP contribution in [-0.2, 0) is 4.43 Å². The Bertz CT molecular complexity index is 516. The van der Waals surface area contributed by atoms with Crippen molar-refractivity contribution in [3.63, 3.8) is 0 Å². The zero-order valence-electron chi connectivity index (χ0n) is 15.5. The molecule has 24 heavy (non-hydrogen) atoms. The molecule has 0 amide bonds. The van der Waals surface area contributed by atoms with Crippen molar-refractivity contribution in [1.82, 2.24) is 4.98 Å². The lowest BCUT2D eigenvalue weighted by molar-refractivity contribution is 0.173. The van der Waals surface area contributed by atoms with E-state index in [9.17, 15) is 0 Å². The van der Waals surface area contributed by atoms with Gasteiger partial charge in [-0.15, -0.1) is 0 Å². The molecule has 1 fully saturated rings. The lowest BCUT2D eigenvalue weighted by Crippen LogP contribution is -2.37. The first-order valence-corrected chi connectivity index (χ1v) is 12.6. The summed E-state index contributed by atoms with van der Waals surface area (Å²) >= 11 is 12.9. The number of hydrogen-bond donors (Lipinski definition) is 0. The van der Waals surface area contributed by atoms with Gasteiger partial charge in [0.25, 0.3) is 0 Å². The molecule has 1 unspecified atom stereocenters. The van der Waals surface area contributed by atoms with Gasteiger partial charge in [0.1, 0.15) is 0 Å². The molecule has 1 aliphatic rings. The second-order valence-corrected chi connectivity index (χ2v) is 13.1. The van der Waals surface area contributed by atoms with E-state index in [2.05, 4.69) is 32.7 Å². The summed E-state index contributed by atoms with van der Waals surface area (Å²) in [5.74, 6) is 0. The molecule has 1 aromatic heterocycles. The number of aromatic nitrogens is 1. The maximum Gasteiger partial charge on any atom is 0.192 e. The first-order chi connectivity index (χ1) is 11.4. The van der Waals surface area contributed by atoms with Crippen molar-refractivity contribution in [3.8, 4) is 0 Å². The number of hydrogen-bond acceptors (Lipinski definition) is 2. The molecule has 0 aliphatic heterocycles. The van der Waals surface area contributed by atoms with E-state index in [-0.39, 0.29) is 6.10 Å². The van der Waals surface area contributed by atoms with Gasteiger partial charge in [-0.2, -0.15) is 0 Å².